The zero-order chi connectivity index (χ0) is 19.8. The molecule has 1 aromatic carbocycles. The fourth-order valence-electron chi connectivity index (χ4n) is 2.20. The van der Waals surface area contributed by atoms with Gasteiger partial charge in [-0.2, -0.15) is 0 Å². The van der Waals surface area contributed by atoms with E-state index in [1.165, 1.54) is 24.5 Å². The molecule has 27 heavy (non-hydrogen) atoms. The Morgan fingerprint density at radius 1 is 1.04 bits per heavy atom. The number of nitrogens with one attached hydrogen (secondary N) is 1. The highest BCUT2D eigenvalue weighted by molar-refractivity contribution is 7.14. The van der Waals surface area contributed by atoms with Crippen molar-refractivity contribution in [2.45, 2.75) is 19.8 Å². The molecular formula is C19H19NO6S. The molecule has 2 amide bonds. The predicted molar refractivity (Wildman–Crippen MR) is 99.0 cm³/mol. The van der Waals surface area contributed by atoms with Crippen molar-refractivity contribution in [2.75, 3.05) is 13.7 Å². The second kappa shape index (κ2) is 9.63. The van der Waals surface area contributed by atoms with Gasteiger partial charge in [-0.05, 0) is 31.2 Å². The maximum Gasteiger partial charge on any atom is 0.306 e. The largest absolute Gasteiger partial charge is 0.496 e. The SMILES string of the molecule is COc1ccccc1C(=O)NC(=O)COC(=O)CCC(=O)c1ccc(C)s1. The number of aryl methyl sites for hydroxylation is 1. The van der Waals surface area contributed by atoms with E-state index >= 15 is 0 Å². The summed E-state index contributed by atoms with van der Waals surface area (Å²) >= 11 is 1.36. The summed E-state index contributed by atoms with van der Waals surface area (Å²) in [6.45, 7) is 1.28. The molecule has 1 N–H and O–H groups in total. The quantitative estimate of drug-likeness (QED) is 0.550. The van der Waals surface area contributed by atoms with Crippen LogP contribution in [0.5, 0.6) is 5.75 Å². The lowest BCUT2D eigenvalue weighted by atomic mass is 10.2. The van der Waals surface area contributed by atoms with Gasteiger partial charge in [-0.1, -0.05) is 12.1 Å². The number of ketones is 1. The first-order valence-electron chi connectivity index (χ1n) is 8.13. The van der Waals surface area contributed by atoms with Gasteiger partial charge < -0.3 is 9.47 Å². The Morgan fingerprint density at radius 2 is 1.78 bits per heavy atom. The molecule has 0 fully saturated rings. The van der Waals surface area contributed by atoms with Crippen LogP contribution in [0, 0.1) is 6.92 Å². The molecular weight excluding hydrogens is 370 g/mol. The number of Topliss-reactive ketones (excluding diaryl/α,β-unsaturated/α-hetero) is 1. The van der Waals surface area contributed by atoms with Crippen LogP contribution < -0.4 is 10.1 Å². The number of carbonyl (C=O) groups is 4. The van der Waals surface area contributed by atoms with Gasteiger partial charge >= 0.3 is 5.97 Å². The lowest BCUT2D eigenvalue weighted by molar-refractivity contribution is -0.148. The molecule has 0 atom stereocenters. The fourth-order valence-corrected chi connectivity index (χ4v) is 3.04. The summed E-state index contributed by atoms with van der Waals surface area (Å²) in [5.41, 5.74) is 0.191. The molecule has 0 bridgehead atoms. The van der Waals surface area contributed by atoms with Gasteiger partial charge in [0.15, 0.2) is 12.4 Å². The van der Waals surface area contributed by atoms with Crippen LogP contribution in [0.15, 0.2) is 36.4 Å². The summed E-state index contributed by atoms with van der Waals surface area (Å²) in [5.74, 6) is -1.93. The fraction of sp³-hybridized carbons (Fsp3) is 0.263. The van der Waals surface area contributed by atoms with E-state index in [0.717, 1.165) is 4.88 Å². The Kier molecular flexibility index (Phi) is 7.25. The number of para-hydroxylation sites is 1. The molecule has 0 saturated carbocycles. The minimum Gasteiger partial charge on any atom is -0.496 e. The first kappa shape index (κ1) is 20.3. The van der Waals surface area contributed by atoms with Gasteiger partial charge in [0.05, 0.1) is 24.0 Å². The van der Waals surface area contributed by atoms with Crippen molar-refractivity contribution in [3.63, 3.8) is 0 Å². The molecule has 0 aliphatic carbocycles. The molecule has 2 aromatic rings. The Balaban J connectivity index is 1.75. The van der Waals surface area contributed by atoms with Gasteiger partial charge in [-0.15, -0.1) is 11.3 Å². The van der Waals surface area contributed by atoms with E-state index in [1.54, 1.807) is 24.3 Å². The van der Waals surface area contributed by atoms with Crippen molar-refractivity contribution in [3.8, 4) is 5.75 Å². The zero-order valence-electron chi connectivity index (χ0n) is 14.9. The standard InChI is InChI=1S/C19H19NO6S/c1-12-7-9-16(27-12)14(21)8-10-18(23)26-11-17(22)20-19(24)13-5-3-4-6-15(13)25-2/h3-7,9H,8,10-11H2,1-2H3,(H,20,22,24). The third-order valence-electron chi connectivity index (χ3n) is 3.54. The van der Waals surface area contributed by atoms with Crippen molar-refractivity contribution in [3.05, 3.63) is 51.7 Å². The smallest absolute Gasteiger partial charge is 0.306 e. The first-order valence-corrected chi connectivity index (χ1v) is 8.95. The molecule has 7 nitrogen and oxygen atoms in total. The van der Waals surface area contributed by atoms with Gasteiger partial charge in [0.1, 0.15) is 5.75 Å². The second-order valence-electron chi connectivity index (χ2n) is 5.57. The molecule has 1 aromatic heterocycles. The monoisotopic (exact) mass is 389 g/mol. The number of esters is 1. The molecule has 0 aliphatic rings. The lowest BCUT2D eigenvalue weighted by Gasteiger charge is -2.08. The van der Waals surface area contributed by atoms with Crippen LogP contribution in [0.25, 0.3) is 0 Å². The minimum absolute atomic E-state index is 0.000546. The van der Waals surface area contributed by atoms with E-state index < -0.39 is 24.4 Å². The van der Waals surface area contributed by atoms with Gasteiger partial charge in [0.2, 0.25) is 0 Å². The predicted octanol–water partition coefficient (Wildman–Crippen LogP) is 2.53. The van der Waals surface area contributed by atoms with E-state index in [4.69, 9.17) is 9.47 Å². The average molecular weight is 389 g/mol. The van der Waals surface area contributed by atoms with Gasteiger partial charge in [0, 0.05) is 11.3 Å². The molecule has 142 valence electrons. The number of benzene rings is 1. The van der Waals surface area contributed by atoms with Gasteiger partial charge in [-0.3, -0.25) is 24.5 Å². The van der Waals surface area contributed by atoms with Crippen molar-refractivity contribution >= 4 is 34.9 Å². The molecule has 8 heteroatoms. The summed E-state index contributed by atoms with van der Waals surface area (Å²) in [7, 11) is 1.41. The molecule has 0 radical (unpaired) electrons. The number of ether oxygens (including phenoxy) is 2. The van der Waals surface area contributed by atoms with Crippen molar-refractivity contribution < 1.29 is 28.7 Å². The summed E-state index contributed by atoms with van der Waals surface area (Å²) in [6, 6.07) is 9.97. The maximum absolute atomic E-state index is 12.1. The van der Waals surface area contributed by atoms with E-state index in [0.29, 0.717) is 10.6 Å². The lowest BCUT2D eigenvalue weighted by Crippen LogP contribution is -2.34. The van der Waals surface area contributed by atoms with Crippen LogP contribution >= 0.6 is 11.3 Å². The number of hydrogen-bond donors (Lipinski definition) is 1. The highest BCUT2D eigenvalue weighted by Crippen LogP contribution is 2.18. The van der Waals surface area contributed by atoms with Crippen LogP contribution in [-0.4, -0.2) is 37.3 Å². The molecule has 0 saturated heterocycles. The highest BCUT2D eigenvalue weighted by atomic mass is 32.1. The topological polar surface area (TPSA) is 98.8 Å². The molecule has 1 heterocycles. The Hall–Kier alpha value is -3.00. The summed E-state index contributed by atoms with van der Waals surface area (Å²) in [4.78, 5) is 49.0. The van der Waals surface area contributed by atoms with E-state index in [9.17, 15) is 19.2 Å². The number of thiophene rings is 1. The molecule has 2 rings (SSSR count). The van der Waals surface area contributed by atoms with Crippen molar-refractivity contribution in [2.24, 2.45) is 0 Å². The van der Waals surface area contributed by atoms with Crippen molar-refractivity contribution in [1.29, 1.82) is 0 Å². The Morgan fingerprint density at radius 3 is 2.44 bits per heavy atom. The van der Waals surface area contributed by atoms with E-state index in [2.05, 4.69) is 5.32 Å². The normalized spacial score (nSPS) is 10.1. The number of methoxy groups -OCH3 is 1. The molecule has 0 spiro atoms. The van der Waals surface area contributed by atoms with Crippen LogP contribution in [0.3, 0.4) is 0 Å². The summed E-state index contributed by atoms with van der Waals surface area (Å²) in [6.07, 6.45) is -0.135. The van der Waals surface area contributed by atoms with Crippen LogP contribution in [0.2, 0.25) is 0 Å². The second-order valence-corrected chi connectivity index (χ2v) is 6.86. The number of carbonyl (C=O) groups excluding carboxylic acids is 4. The van der Waals surface area contributed by atoms with Gasteiger partial charge in [0.25, 0.3) is 11.8 Å². The summed E-state index contributed by atoms with van der Waals surface area (Å²) in [5, 5.41) is 2.12. The Bertz CT molecular complexity index is 857. The van der Waals surface area contributed by atoms with Crippen LogP contribution in [0.4, 0.5) is 0 Å². The molecule has 0 aliphatic heterocycles. The number of amides is 2. The maximum atomic E-state index is 12.1. The molecule has 0 unspecified atom stereocenters. The number of imide groups is 1. The Labute approximate surface area is 160 Å². The van der Waals surface area contributed by atoms with E-state index in [1.807, 2.05) is 13.0 Å². The highest BCUT2D eigenvalue weighted by Gasteiger charge is 2.17. The van der Waals surface area contributed by atoms with E-state index in [-0.39, 0.29) is 24.2 Å². The average Bonchev–Trinajstić information content (AvgIpc) is 3.10. The van der Waals surface area contributed by atoms with Crippen LogP contribution in [-0.2, 0) is 14.3 Å². The third kappa shape index (κ3) is 6.03. The minimum atomic E-state index is -0.764. The van der Waals surface area contributed by atoms with Gasteiger partial charge in [-0.25, -0.2) is 0 Å². The third-order valence-corrected chi connectivity index (χ3v) is 4.58. The first-order chi connectivity index (χ1) is 12.9. The van der Waals surface area contributed by atoms with Crippen LogP contribution in [0.1, 0.15) is 37.7 Å². The summed E-state index contributed by atoms with van der Waals surface area (Å²) < 4.78 is 9.86. The van der Waals surface area contributed by atoms with Crippen molar-refractivity contribution in [1.82, 2.24) is 5.32 Å². The number of rotatable bonds is 8. The zero-order valence-corrected chi connectivity index (χ0v) is 15.8. The number of hydrogen-bond acceptors (Lipinski definition) is 7.